The Kier molecular flexibility index (Phi) is 8.84. The number of carbonyl (C=O) groups excluding carboxylic acids is 1. The number of anilines is 1. The van der Waals surface area contributed by atoms with Crippen LogP contribution in [0.5, 0.6) is 0 Å². The lowest BCUT2D eigenvalue weighted by atomic mass is 10.2. The maximum atomic E-state index is 11.8. The molecular weight excluding hydrogens is 360 g/mol. The lowest BCUT2D eigenvalue weighted by molar-refractivity contribution is -0.121. The van der Waals surface area contributed by atoms with Gasteiger partial charge < -0.3 is 10.6 Å². The van der Waals surface area contributed by atoms with Crippen LogP contribution in [0.3, 0.4) is 0 Å². The second-order valence-electron chi connectivity index (χ2n) is 7.04. The summed E-state index contributed by atoms with van der Waals surface area (Å²) in [6, 6.07) is 0. The van der Waals surface area contributed by atoms with Crippen LogP contribution in [-0.4, -0.2) is 44.5 Å². The lowest BCUT2D eigenvalue weighted by Crippen LogP contribution is -2.27. The molecule has 0 aliphatic carbocycles. The van der Waals surface area contributed by atoms with Crippen molar-refractivity contribution in [1.82, 2.24) is 25.1 Å². The number of carbonyl (C=O) groups is 1. The molecule has 2 N–H and O–H groups in total. The van der Waals surface area contributed by atoms with E-state index in [1.54, 1.807) is 11.8 Å². The van der Waals surface area contributed by atoms with Gasteiger partial charge in [0.05, 0.1) is 18.1 Å². The number of hydrogen-bond donors (Lipinski definition) is 2. The van der Waals surface area contributed by atoms with Crippen LogP contribution < -0.4 is 10.6 Å². The molecule has 0 aliphatic heterocycles. The number of amides is 1. The maximum absolute atomic E-state index is 11.8. The van der Waals surface area contributed by atoms with E-state index in [1.807, 2.05) is 10.9 Å². The van der Waals surface area contributed by atoms with Crippen molar-refractivity contribution in [3.05, 3.63) is 6.20 Å². The predicted molar refractivity (Wildman–Crippen MR) is 112 cm³/mol. The summed E-state index contributed by atoms with van der Waals surface area (Å²) >= 11 is 1.66. The minimum atomic E-state index is 0.0985. The zero-order chi connectivity index (χ0) is 19.6. The van der Waals surface area contributed by atoms with Crippen molar-refractivity contribution in [3.8, 4) is 0 Å². The lowest BCUT2D eigenvalue weighted by Gasteiger charge is -2.11. The van der Waals surface area contributed by atoms with E-state index in [4.69, 9.17) is 4.98 Å². The first-order chi connectivity index (χ1) is 13.0. The molecule has 150 valence electrons. The summed E-state index contributed by atoms with van der Waals surface area (Å²) in [6.07, 6.45) is 5.42. The standard InChI is InChI=1S/C19H32N6OS/c1-5-7-8-16(26)20-9-10-25-18-15(13-22-25)17(21-12-14(3)4)23-19(24-18)27-11-6-2/h13-14H,5-12H2,1-4H3,(H,20,26)(H,21,23,24). The molecule has 1 amide bonds. The summed E-state index contributed by atoms with van der Waals surface area (Å²) in [4.78, 5) is 21.2. The molecule has 0 unspecified atom stereocenters. The Morgan fingerprint density at radius 1 is 1.26 bits per heavy atom. The third-order valence-corrected chi connectivity index (χ3v) is 5.05. The van der Waals surface area contributed by atoms with Crippen LogP contribution in [0.1, 0.15) is 53.4 Å². The molecule has 0 spiro atoms. The summed E-state index contributed by atoms with van der Waals surface area (Å²) in [5.41, 5.74) is 0.817. The smallest absolute Gasteiger partial charge is 0.220 e. The first-order valence-corrected chi connectivity index (χ1v) is 10.9. The van der Waals surface area contributed by atoms with E-state index in [-0.39, 0.29) is 5.91 Å². The van der Waals surface area contributed by atoms with Crippen LogP contribution in [0.4, 0.5) is 5.82 Å². The third kappa shape index (κ3) is 6.68. The quantitative estimate of drug-likeness (QED) is 0.423. The molecule has 0 saturated carbocycles. The van der Waals surface area contributed by atoms with Crippen LogP contribution in [0.2, 0.25) is 0 Å². The predicted octanol–water partition coefficient (Wildman–Crippen LogP) is 3.70. The number of nitrogens with one attached hydrogen (secondary N) is 2. The zero-order valence-electron chi connectivity index (χ0n) is 16.9. The fourth-order valence-corrected chi connectivity index (χ4v) is 3.21. The average Bonchev–Trinajstić information content (AvgIpc) is 3.05. The minimum absolute atomic E-state index is 0.0985. The Morgan fingerprint density at radius 2 is 2.07 bits per heavy atom. The second-order valence-corrected chi connectivity index (χ2v) is 8.10. The Bertz CT molecular complexity index is 730. The number of nitrogens with zero attached hydrogens (tertiary/aromatic N) is 4. The highest BCUT2D eigenvalue weighted by Gasteiger charge is 2.13. The molecule has 0 saturated heterocycles. The second kappa shape index (κ2) is 11.1. The minimum Gasteiger partial charge on any atom is -0.369 e. The number of fused-ring (bicyclic) bond motifs is 1. The van der Waals surface area contributed by atoms with Gasteiger partial charge in [0.15, 0.2) is 10.8 Å². The van der Waals surface area contributed by atoms with E-state index in [9.17, 15) is 4.79 Å². The molecule has 0 fully saturated rings. The van der Waals surface area contributed by atoms with Crippen molar-refractivity contribution in [2.75, 3.05) is 24.2 Å². The van der Waals surface area contributed by atoms with Gasteiger partial charge in [-0.2, -0.15) is 5.10 Å². The van der Waals surface area contributed by atoms with Crippen molar-refractivity contribution in [2.24, 2.45) is 5.92 Å². The van der Waals surface area contributed by atoms with E-state index in [1.165, 1.54) is 0 Å². The Hall–Kier alpha value is -1.83. The largest absolute Gasteiger partial charge is 0.369 e. The molecule has 2 aromatic heterocycles. The van der Waals surface area contributed by atoms with E-state index in [0.29, 0.717) is 25.4 Å². The van der Waals surface area contributed by atoms with E-state index < -0.39 is 0 Å². The molecule has 0 radical (unpaired) electrons. The molecule has 0 aliphatic rings. The van der Waals surface area contributed by atoms with Gasteiger partial charge in [0.1, 0.15) is 5.82 Å². The van der Waals surface area contributed by atoms with Crippen molar-refractivity contribution in [2.45, 2.75) is 65.1 Å². The van der Waals surface area contributed by atoms with Gasteiger partial charge in [0, 0.05) is 25.3 Å². The van der Waals surface area contributed by atoms with Gasteiger partial charge in [0.2, 0.25) is 5.91 Å². The zero-order valence-corrected chi connectivity index (χ0v) is 17.7. The third-order valence-electron chi connectivity index (χ3n) is 3.99. The topological polar surface area (TPSA) is 84.7 Å². The molecule has 0 bridgehead atoms. The summed E-state index contributed by atoms with van der Waals surface area (Å²) in [5.74, 6) is 2.44. The Balaban J connectivity index is 2.14. The molecule has 8 heteroatoms. The van der Waals surface area contributed by atoms with Gasteiger partial charge in [-0.25, -0.2) is 14.6 Å². The van der Waals surface area contributed by atoms with Crippen LogP contribution in [0.25, 0.3) is 11.0 Å². The van der Waals surface area contributed by atoms with E-state index in [0.717, 1.165) is 53.6 Å². The van der Waals surface area contributed by atoms with Gasteiger partial charge >= 0.3 is 0 Å². The van der Waals surface area contributed by atoms with Crippen molar-refractivity contribution >= 4 is 34.5 Å². The molecule has 7 nitrogen and oxygen atoms in total. The normalized spacial score (nSPS) is 11.3. The van der Waals surface area contributed by atoms with Gasteiger partial charge in [-0.1, -0.05) is 45.9 Å². The highest BCUT2D eigenvalue weighted by atomic mass is 32.2. The van der Waals surface area contributed by atoms with Crippen LogP contribution >= 0.6 is 11.8 Å². The summed E-state index contributed by atoms with van der Waals surface area (Å²) in [6.45, 7) is 10.6. The van der Waals surface area contributed by atoms with Gasteiger partial charge in [-0.05, 0) is 18.8 Å². The highest BCUT2D eigenvalue weighted by Crippen LogP contribution is 2.25. The molecular formula is C19H32N6OS. The summed E-state index contributed by atoms with van der Waals surface area (Å²) < 4.78 is 1.85. The highest BCUT2D eigenvalue weighted by molar-refractivity contribution is 7.99. The fourth-order valence-electron chi connectivity index (χ4n) is 2.52. The van der Waals surface area contributed by atoms with Gasteiger partial charge in [0.25, 0.3) is 0 Å². The van der Waals surface area contributed by atoms with E-state index >= 15 is 0 Å². The number of rotatable bonds is 12. The number of unbranched alkanes of at least 4 members (excludes halogenated alkanes) is 1. The van der Waals surface area contributed by atoms with Crippen molar-refractivity contribution in [1.29, 1.82) is 0 Å². The number of thioether (sulfide) groups is 1. The Morgan fingerprint density at radius 3 is 2.78 bits per heavy atom. The molecule has 2 heterocycles. The first-order valence-electron chi connectivity index (χ1n) is 9.92. The monoisotopic (exact) mass is 392 g/mol. The van der Waals surface area contributed by atoms with Gasteiger partial charge in [-0.3, -0.25) is 4.79 Å². The van der Waals surface area contributed by atoms with Crippen molar-refractivity contribution < 1.29 is 4.79 Å². The van der Waals surface area contributed by atoms with Crippen LogP contribution in [0.15, 0.2) is 11.4 Å². The van der Waals surface area contributed by atoms with Gasteiger partial charge in [-0.15, -0.1) is 0 Å². The SMILES string of the molecule is CCCCC(=O)NCCn1ncc2c(NCC(C)C)nc(SCCC)nc21. The average molecular weight is 393 g/mol. The number of aromatic nitrogens is 4. The molecule has 2 aromatic rings. The molecule has 27 heavy (non-hydrogen) atoms. The van der Waals surface area contributed by atoms with Crippen LogP contribution in [-0.2, 0) is 11.3 Å². The molecule has 2 rings (SSSR count). The fraction of sp³-hybridized carbons (Fsp3) is 0.684. The number of hydrogen-bond acceptors (Lipinski definition) is 6. The first kappa shape index (κ1) is 21.5. The summed E-state index contributed by atoms with van der Waals surface area (Å²) in [5, 5.41) is 12.6. The maximum Gasteiger partial charge on any atom is 0.220 e. The van der Waals surface area contributed by atoms with Crippen molar-refractivity contribution in [3.63, 3.8) is 0 Å². The molecule has 0 atom stereocenters. The van der Waals surface area contributed by atoms with Crippen LogP contribution in [0, 0.1) is 5.92 Å². The van der Waals surface area contributed by atoms with E-state index in [2.05, 4.69) is 48.4 Å². The molecule has 0 aromatic carbocycles. The summed E-state index contributed by atoms with van der Waals surface area (Å²) in [7, 11) is 0. The Labute approximate surface area is 166 Å².